The van der Waals surface area contributed by atoms with E-state index in [-0.39, 0.29) is 0 Å². The van der Waals surface area contributed by atoms with Crippen molar-refractivity contribution in [3.05, 3.63) is 35.4 Å². The number of nitrogen functional groups attached to an aromatic ring is 1. The van der Waals surface area contributed by atoms with Crippen molar-refractivity contribution in [2.75, 3.05) is 26.6 Å². The summed E-state index contributed by atoms with van der Waals surface area (Å²) in [6, 6.07) is 5.19. The fourth-order valence-electron chi connectivity index (χ4n) is 1.24. The molecule has 0 atom stereocenters. The van der Waals surface area contributed by atoms with Gasteiger partial charge in [0.1, 0.15) is 0 Å². The smallest absolute Gasteiger partial charge is 0.339 e. The molecule has 0 aliphatic rings. The summed E-state index contributed by atoms with van der Waals surface area (Å²) in [6.45, 7) is 0.526. The van der Waals surface area contributed by atoms with Crippen molar-refractivity contribution in [2.45, 2.75) is 0 Å². The van der Waals surface area contributed by atoms with Crippen LogP contribution in [-0.2, 0) is 9.47 Å². The van der Waals surface area contributed by atoms with Gasteiger partial charge in [-0.25, -0.2) is 4.79 Å². The van der Waals surface area contributed by atoms with Gasteiger partial charge in [-0.05, 0) is 17.7 Å². The van der Waals surface area contributed by atoms with E-state index in [0.717, 1.165) is 5.56 Å². The van der Waals surface area contributed by atoms with Crippen molar-refractivity contribution >= 4 is 17.7 Å². The second-order valence-corrected chi connectivity index (χ2v) is 3.20. The van der Waals surface area contributed by atoms with Gasteiger partial charge >= 0.3 is 5.97 Å². The van der Waals surface area contributed by atoms with Gasteiger partial charge in [-0.2, -0.15) is 0 Å². The van der Waals surface area contributed by atoms with Crippen LogP contribution in [0.5, 0.6) is 0 Å². The largest absolute Gasteiger partial charge is 0.465 e. The van der Waals surface area contributed by atoms with Crippen molar-refractivity contribution in [3.8, 4) is 0 Å². The lowest BCUT2D eigenvalue weighted by atomic mass is 10.1. The average molecular weight is 221 g/mol. The third-order valence-electron chi connectivity index (χ3n) is 2.06. The topological polar surface area (TPSA) is 61.5 Å². The van der Waals surface area contributed by atoms with E-state index in [4.69, 9.17) is 10.5 Å². The Balaban J connectivity index is 2.93. The minimum Gasteiger partial charge on any atom is -0.465 e. The summed E-state index contributed by atoms with van der Waals surface area (Å²) in [5, 5.41) is 0. The molecule has 4 heteroatoms. The van der Waals surface area contributed by atoms with Gasteiger partial charge in [-0.1, -0.05) is 18.2 Å². The maximum atomic E-state index is 11.4. The Kier molecular flexibility index (Phi) is 4.54. The zero-order valence-electron chi connectivity index (χ0n) is 9.40. The molecule has 0 saturated carbocycles. The van der Waals surface area contributed by atoms with E-state index in [0.29, 0.717) is 17.9 Å². The fourth-order valence-corrected chi connectivity index (χ4v) is 1.24. The van der Waals surface area contributed by atoms with E-state index in [1.54, 1.807) is 19.2 Å². The summed E-state index contributed by atoms with van der Waals surface area (Å²) in [5.41, 5.74) is 7.34. The Labute approximate surface area is 94.7 Å². The molecule has 1 aromatic rings. The van der Waals surface area contributed by atoms with Crippen LogP contribution < -0.4 is 5.73 Å². The first-order valence-electron chi connectivity index (χ1n) is 4.82. The van der Waals surface area contributed by atoms with Crippen LogP contribution in [0.25, 0.3) is 6.08 Å². The predicted octanol–water partition coefficient (Wildman–Crippen LogP) is 1.72. The second kappa shape index (κ2) is 5.92. The van der Waals surface area contributed by atoms with Gasteiger partial charge in [-0.15, -0.1) is 0 Å². The molecular weight excluding hydrogens is 206 g/mol. The first kappa shape index (κ1) is 12.3. The molecule has 0 aromatic heterocycles. The van der Waals surface area contributed by atoms with E-state index in [1.807, 2.05) is 18.2 Å². The molecular formula is C12H15NO3. The van der Waals surface area contributed by atoms with Crippen molar-refractivity contribution in [2.24, 2.45) is 0 Å². The fraction of sp³-hybridized carbons (Fsp3) is 0.250. The summed E-state index contributed by atoms with van der Waals surface area (Å²) in [6.07, 6.45) is 3.71. The number of methoxy groups -OCH3 is 2. The number of rotatable bonds is 4. The van der Waals surface area contributed by atoms with Gasteiger partial charge < -0.3 is 15.2 Å². The minimum atomic E-state index is -0.431. The molecule has 2 N–H and O–H groups in total. The number of ether oxygens (including phenoxy) is 2. The Morgan fingerprint density at radius 2 is 2.19 bits per heavy atom. The normalized spacial score (nSPS) is 10.6. The average Bonchev–Trinajstić information content (AvgIpc) is 2.30. The minimum absolute atomic E-state index is 0.377. The van der Waals surface area contributed by atoms with Crippen molar-refractivity contribution in [1.82, 2.24) is 0 Å². The summed E-state index contributed by atoms with van der Waals surface area (Å²) >= 11 is 0. The Hall–Kier alpha value is -1.81. The molecule has 16 heavy (non-hydrogen) atoms. The van der Waals surface area contributed by atoms with Crippen LogP contribution in [0.2, 0.25) is 0 Å². The third-order valence-corrected chi connectivity index (χ3v) is 2.06. The number of hydrogen-bond donors (Lipinski definition) is 1. The van der Waals surface area contributed by atoms with Crippen LogP contribution >= 0.6 is 0 Å². The van der Waals surface area contributed by atoms with E-state index in [1.165, 1.54) is 7.11 Å². The van der Waals surface area contributed by atoms with Crippen LogP contribution in [0.15, 0.2) is 24.3 Å². The van der Waals surface area contributed by atoms with Crippen molar-refractivity contribution < 1.29 is 14.3 Å². The summed E-state index contributed by atoms with van der Waals surface area (Å²) < 4.78 is 9.51. The molecule has 0 aliphatic carbocycles. The summed E-state index contributed by atoms with van der Waals surface area (Å²) in [4.78, 5) is 11.4. The molecule has 0 bridgehead atoms. The molecule has 0 radical (unpaired) electrons. The highest BCUT2D eigenvalue weighted by atomic mass is 16.5. The summed E-state index contributed by atoms with van der Waals surface area (Å²) in [7, 11) is 2.95. The van der Waals surface area contributed by atoms with E-state index in [2.05, 4.69) is 4.74 Å². The van der Waals surface area contributed by atoms with Crippen molar-refractivity contribution in [3.63, 3.8) is 0 Å². The molecule has 0 fully saturated rings. The monoisotopic (exact) mass is 221 g/mol. The zero-order valence-corrected chi connectivity index (χ0v) is 9.40. The molecule has 0 aliphatic heterocycles. The molecule has 0 amide bonds. The third kappa shape index (κ3) is 3.10. The SMILES string of the molecule is COCC=Cc1ccc(N)c(C(=O)OC)c1. The number of carbonyl (C=O) groups is 1. The first-order chi connectivity index (χ1) is 7.69. The Bertz CT molecular complexity index is 399. The van der Waals surface area contributed by atoms with Crippen LogP contribution in [0.1, 0.15) is 15.9 Å². The highest BCUT2D eigenvalue weighted by Gasteiger charge is 2.09. The van der Waals surface area contributed by atoms with E-state index >= 15 is 0 Å². The number of esters is 1. The molecule has 4 nitrogen and oxygen atoms in total. The van der Waals surface area contributed by atoms with Gasteiger partial charge in [0.05, 0.1) is 19.3 Å². The molecule has 0 saturated heterocycles. The highest BCUT2D eigenvalue weighted by molar-refractivity contribution is 5.95. The number of hydrogen-bond acceptors (Lipinski definition) is 4. The number of benzene rings is 1. The van der Waals surface area contributed by atoms with Crippen molar-refractivity contribution in [1.29, 1.82) is 0 Å². The lowest BCUT2D eigenvalue weighted by Crippen LogP contribution is -2.05. The standard InChI is InChI=1S/C12H15NO3/c1-15-7-3-4-9-5-6-11(13)10(8-9)12(14)16-2/h3-6,8H,7,13H2,1-2H3. The van der Waals surface area contributed by atoms with Crippen LogP contribution in [0.3, 0.4) is 0 Å². The predicted molar refractivity (Wildman–Crippen MR) is 63.1 cm³/mol. The number of anilines is 1. The zero-order chi connectivity index (χ0) is 12.0. The van der Waals surface area contributed by atoms with Gasteiger partial charge in [0.15, 0.2) is 0 Å². The van der Waals surface area contributed by atoms with Crippen LogP contribution in [-0.4, -0.2) is 26.8 Å². The van der Waals surface area contributed by atoms with Gasteiger partial charge in [-0.3, -0.25) is 0 Å². The van der Waals surface area contributed by atoms with E-state index in [9.17, 15) is 4.79 Å². The molecule has 0 spiro atoms. The molecule has 1 rings (SSSR count). The van der Waals surface area contributed by atoms with Crippen LogP contribution in [0, 0.1) is 0 Å². The molecule has 1 aromatic carbocycles. The molecule has 0 unspecified atom stereocenters. The number of carbonyl (C=O) groups excluding carboxylic acids is 1. The Morgan fingerprint density at radius 1 is 1.44 bits per heavy atom. The van der Waals surface area contributed by atoms with Gasteiger partial charge in [0.25, 0.3) is 0 Å². The highest BCUT2D eigenvalue weighted by Crippen LogP contribution is 2.16. The van der Waals surface area contributed by atoms with Crippen LogP contribution in [0.4, 0.5) is 5.69 Å². The lowest BCUT2D eigenvalue weighted by Gasteiger charge is -2.04. The number of nitrogens with two attached hydrogens (primary N) is 1. The molecule has 86 valence electrons. The maximum absolute atomic E-state index is 11.4. The first-order valence-corrected chi connectivity index (χ1v) is 4.82. The second-order valence-electron chi connectivity index (χ2n) is 3.20. The van der Waals surface area contributed by atoms with Gasteiger partial charge in [0, 0.05) is 12.8 Å². The molecule has 0 heterocycles. The van der Waals surface area contributed by atoms with Gasteiger partial charge in [0.2, 0.25) is 0 Å². The maximum Gasteiger partial charge on any atom is 0.339 e. The van der Waals surface area contributed by atoms with E-state index < -0.39 is 5.97 Å². The lowest BCUT2D eigenvalue weighted by molar-refractivity contribution is 0.0602. The Morgan fingerprint density at radius 3 is 2.81 bits per heavy atom. The quantitative estimate of drug-likeness (QED) is 0.621. The summed E-state index contributed by atoms with van der Waals surface area (Å²) in [5.74, 6) is -0.431.